The van der Waals surface area contributed by atoms with Crippen LogP contribution < -0.4 is 0 Å². The number of nitrogens with zero attached hydrogens (tertiary/aromatic N) is 2. The molecule has 0 radical (unpaired) electrons. The van der Waals surface area contributed by atoms with Gasteiger partial charge in [-0.15, -0.1) is 11.3 Å². The largest absolute Gasteiger partial charge is 0.388 e. The Labute approximate surface area is 104 Å². The van der Waals surface area contributed by atoms with Gasteiger partial charge in [-0.25, -0.2) is 4.98 Å². The van der Waals surface area contributed by atoms with E-state index in [9.17, 15) is 5.11 Å². The molecule has 1 N–H and O–H groups in total. The van der Waals surface area contributed by atoms with Gasteiger partial charge < -0.3 is 5.11 Å². The van der Waals surface area contributed by atoms with Crippen molar-refractivity contribution in [2.24, 2.45) is 0 Å². The van der Waals surface area contributed by atoms with Crippen molar-refractivity contribution in [2.45, 2.75) is 19.4 Å². The van der Waals surface area contributed by atoms with Crippen molar-refractivity contribution >= 4 is 11.3 Å². The number of aryl methyl sites for hydroxylation is 1. The third-order valence-corrected chi connectivity index (χ3v) is 3.45. The highest BCUT2D eigenvalue weighted by atomic mass is 32.1. The Bertz CT molecular complexity index is 539. The molecule has 1 unspecified atom stereocenters. The van der Waals surface area contributed by atoms with Crippen LogP contribution >= 0.6 is 11.3 Å². The lowest BCUT2D eigenvalue weighted by Crippen LogP contribution is -2.01. The van der Waals surface area contributed by atoms with E-state index in [0.717, 1.165) is 16.3 Å². The molecular formula is C13H12N2OS. The fourth-order valence-electron chi connectivity index (χ4n) is 1.56. The lowest BCUT2D eigenvalue weighted by molar-refractivity contribution is 0.178. The molecule has 4 heteroatoms. The van der Waals surface area contributed by atoms with Gasteiger partial charge in [-0.2, -0.15) is 5.26 Å². The van der Waals surface area contributed by atoms with Crippen LogP contribution in [0.5, 0.6) is 0 Å². The maximum atomic E-state index is 10.0. The van der Waals surface area contributed by atoms with Crippen molar-refractivity contribution in [3.63, 3.8) is 0 Å². The number of hydrogen-bond donors (Lipinski definition) is 1. The molecule has 86 valence electrons. The van der Waals surface area contributed by atoms with E-state index in [2.05, 4.69) is 11.1 Å². The lowest BCUT2D eigenvalue weighted by atomic mass is 10.1. The second-order valence-electron chi connectivity index (χ2n) is 3.84. The van der Waals surface area contributed by atoms with Crippen molar-refractivity contribution in [2.75, 3.05) is 0 Å². The summed E-state index contributed by atoms with van der Waals surface area (Å²) < 4.78 is 0. The summed E-state index contributed by atoms with van der Waals surface area (Å²) in [5.74, 6) is 0. The molecule has 0 amide bonds. The molecule has 17 heavy (non-hydrogen) atoms. The Morgan fingerprint density at radius 1 is 1.41 bits per heavy atom. The van der Waals surface area contributed by atoms with E-state index in [1.54, 1.807) is 35.6 Å². The monoisotopic (exact) mass is 244 g/mol. The molecule has 2 rings (SSSR count). The first kappa shape index (κ1) is 11.8. The zero-order chi connectivity index (χ0) is 12.3. The number of aliphatic hydroxyl groups is 1. The van der Waals surface area contributed by atoms with Gasteiger partial charge in [0.2, 0.25) is 0 Å². The van der Waals surface area contributed by atoms with Crippen molar-refractivity contribution in [1.29, 1.82) is 5.26 Å². The summed E-state index contributed by atoms with van der Waals surface area (Å²) in [5.41, 5.74) is 2.40. The molecular weight excluding hydrogens is 232 g/mol. The molecule has 2 aromatic rings. The molecule has 1 aromatic carbocycles. The average molecular weight is 244 g/mol. The van der Waals surface area contributed by atoms with Gasteiger partial charge in [0.25, 0.3) is 0 Å². The van der Waals surface area contributed by atoms with Crippen LogP contribution in [0.15, 0.2) is 29.6 Å². The first-order valence-corrected chi connectivity index (χ1v) is 6.16. The minimum absolute atomic E-state index is 0.518. The maximum absolute atomic E-state index is 10.0. The average Bonchev–Trinajstić information content (AvgIpc) is 2.75. The van der Waals surface area contributed by atoms with Crippen LogP contribution in [0.2, 0.25) is 0 Å². The van der Waals surface area contributed by atoms with E-state index in [0.29, 0.717) is 12.0 Å². The third kappa shape index (κ3) is 2.90. The zero-order valence-corrected chi connectivity index (χ0v) is 10.2. The normalized spacial score (nSPS) is 12.1. The van der Waals surface area contributed by atoms with E-state index in [-0.39, 0.29) is 0 Å². The summed E-state index contributed by atoms with van der Waals surface area (Å²) in [6, 6.07) is 9.04. The molecule has 3 nitrogen and oxygen atoms in total. The van der Waals surface area contributed by atoms with Crippen LogP contribution in [0, 0.1) is 18.3 Å². The number of hydrogen-bond acceptors (Lipinski definition) is 4. The van der Waals surface area contributed by atoms with Gasteiger partial charge in [0.1, 0.15) is 0 Å². The highest BCUT2D eigenvalue weighted by Crippen LogP contribution is 2.20. The zero-order valence-electron chi connectivity index (χ0n) is 9.42. The predicted octanol–water partition coefficient (Wildman–Crippen LogP) is 2.60. The summed E-state index contributed by atoms with van der Waals surface area (Å²) in [4.78, 5) is 4.32. The molecule has 0 saturated heterocycles. The lowest BCUT2D eigenvalue weighted by Gasteiger charge is -2.08. The first-order valence-electron chi connectivity index (χ1n) is 5.28. The molecule has 1 aromatic heterocycles. The molecule has 0 saturated carbocycles. The van der Waals surface area contributed by atoms with E-state index in [4.69, 9.17) is 5.26 Å². The Kier molecular flexibility index (Phi) is 3.52. The molecule has 0 bridgehead atoms. The van der Waals surface area contributed by atoms with Gasteiger partial charge in [0, 0.05) is 17.5 Å². The molecule has 0 aliphatic heterocycles. The summed E-state index contributed by atoms with van der Waals surface area (Å²) in [7, 11) is 0. The summed E-state index contributed by atoms with van der Waals surface area (Å²) >= 11 is 1.56. The highest BCUT2D eigenvalue weighted by Gasteiger charge is 2.10. The Morgan fingerprint density at radius 2 is 2.12 bits per heavy atom. The Hall–Kier alpha value is -1.70. The summed E-state index contributed by atoms with van der Waals surface area (Å²) in [5, 5.41) is 21.6. The maximum Gasteiger partial charge on any atom is 0.0991 e. The van der Waals surface area contributed by atoms with Crippen molar-refractivity contribution < 1.29 is 5.11 Å². The summed E-state index contributed by atoms with van der Waals surface area (Å²) in [6.45, 7) is 1.94. The number of benzene rings is 1. The second-order valence-corrected chi connectivity index (χ2v) is 4.78. The van der Waals surface area contributed by atoms with Crippen molar-refractivity contribution in [3.8, 4) is 6.07 Å². The van der Waals surface area contributed by atoms with Crippen LogP contribution in [0.1, 0.15) is 27.9 Å². The standard InChI is InChI=1S/C13H12N2OS/c1-9-8-17-13(15-9)6-12(16)11-4-2-10(7-14)3-5-11/h2-5,8,12,16H,6H2,1H3. The number of rotatable bonds is 3. The summed E-state index contributed by atoms with van der Waals surface area (Å²) in [6.07, 6.45) is -0.0435. The number of aliphatic hydroxyl groups excluding tert-OH is 1. The Balaban J connectivity index is 2.09. The van der Waals surface area contributed by atoms with Crippen molar-refractivity contribution in [3.05, 3.63) is 51.5 Å². The van der Waals surface area contributed by atoms with Crippen LogP contribution in [-0.2, 0) is 6.42 Å². The molecule has 0 aliphatic rings. The van der Waals surface area contributed by atoms with Crippen molar-refractivity contribution in [1.82, 2.24) is 4.98 Å². The minimum Gasteiger partial charge on any atom is -0.388 e. The quantitative estimate of drug-likeness (QED) is 0.902. The van der Waals surface area contributed by atoms with Crippen LogP contribution in [0.3, 0.4) is 0 Å². The second kappa shape index (κ2) is 5.09. The van der Waals surface area contributed by atoms with Crippen LogP contribution in [0.25, 0.3) is 0 Å². The fraction of sp³-hybridized carbons (Fsp3) is 0.231. The van der Waals surface area contributed by atoms with Gasteiger partial charge >= 0.3 is 0 Å². The first-order chi connectivity index (χ1) is 8.19. The fourth-order valence-corrected chi connectivity index (χ4v) is 2.37. The topological polar surface area (TPSA) is 56.9 Å². The molecule has 1 atom stereocenters. The molecule has 1 heterocycles. The van der Waals surface area contributed by atoms with Crippen LogP contribution in [-0.4, -0.2) is 10.1 Å². The van der Waals surface area contributed by atoms with Gasteiger partial charge in [-0.3, -0.25) is 0 Å². The van der Waals surface area contributed by atoms with Gasteiger partial charge in [0.05, 0.1) is 22.7 Å². The predicted molar refractivity (Wildman–Crippen MR) is 66.7 cm³/mol. The number of thiazole rings is 1. The van der Waals surface area contributed by atoms with Crippen LogP contribution in [0.4, 0.5) is 0 Å². The Morgan fingerprint density at radius 3 is 2.65 bits per heavy atom. The number of aromatic nitrogens is 1. The minimum atomic E-state index is -0.562. The van der Waals surface area contributed by atoms with E-state index in [1.165, 1.54) is 0 Å². The third-order valence-electron chi connectivity index (χ3n) is 2.46. The molecule has 0 spiro atoms. The smallest absolute Gasteiger partial charge is 0.0991 e. The number of nitriles is 1. The van der Waals surface area contributed by atoms with E-state index in [1.807, 2.05) is 12.3 Å². The SMILES string of the molecule is Cc1csc(CC(O)c2ccc(C#N)cc2)n1. The van der Waals surface area contributed by atoms with Gasteiger partial charge in [0.15, 0.2) is 0 Å². The van der Waals surface area contributed by atoms with Gasteiger partial charge in [-0.05, 0) is 24.6 Å². The van der Waals surface area contributed by atoms with Gasteiger partial charge in [-0.1, -0.05) is 12.1 Å². The van der Waals surface area contributed by atoms with E-state index >= 15 is 0 Å². The highest BCUT2D eigenvalue weighted by molar-refractivity contribution is 7.09. The van der Waals surface area contributed by atoms with E-state index < -0.39 is 6.10 Å². The molecule has 0 fully saturated rings. The molecule has 0 aliphatic carbocycles.